The number of methoxy groups -OCH3 is 1. The fraction of sp³-hybridized carbons (Fsp3) is 0.500. The molecule has 0 saturated carbocycles. The Morgan fingerprint density at radius 1 is 1.38 bits per heavy atom. The number of hydrogen-bond acceptors (Lipinski definition) is 3. The number of carboxylic acid groups (broad SMARTS) is 1. The van der Waals surface area contributed by atoms with Crippen LogP contribution in [0.3, 0.4) is 0 Å². The standard InChI is InChI=1S/C16H23NO4/c1-11(4-7-16(19)20)10-17-15(18)9-13-6-5-12(2)14(8-13)21-3/h5-6,8,11H,4,7,9-10H2,1-3H3,(H,17,18)(H,19,20). The van der Waals surface area contributed by atoms with Gasteiger partial charge in [-0.15, -0.1) is 0 Å². The summed E-state index contributed by atoms with van der Waals surface area (Å²) in [5, 5.41) is 11.4. The molecule has 1 unspecified atom stereocenters. The second-order valence-corrected chi connectivity index (χ2v) is 5.32. The van der Waals surface area contributed by atoms with Crippen LogP contribution in [-0.4, -0.2) is 30.6 Å². The van der Waals surface area contributed by atoms with E-state index in [1.807, 2.05) is 32.0 Å². The van der Waals surface area contributed by atoms with Gasteiger partial charge in [-0.2, -0.15) is 0 Å². The Bertz CT molecular complexity index is 499. The molecule has 1 amide bonds. The van der Waals surface area contributed by atoms with Gasteiger partial charge in [0.1, 0.15) is 5.75 Å². The number of aryl methyl sites for hydroxylation is 1. The monoisotopic (exact) mass is 293 g/mol. The summed E-state index contributed by atoms with van der Waals surface area (Å²) in [7, 11) is 1.61. The van der Waals surface area contributed by atoms with Crippen LogP contribution < -0.4 is 10.1 Å². The smallest absolute Gasteiger partial charge is 0.303 e. The third kappa shape index (κ3) is 6.29. The summed E-state index contributed by atoms with van der Waals surface area (Å²) in [6.07, 6.45) is 0.989. The van der Waals surface area contributed by atoms with Crippen LogP contribution in [0.4, 0.5) is 0 Å². The normalized spacial score (nSPS) is 11.8. The van der Waals surface area contributed by atoms with Gasteiger partial charge in [0.2, 0.25) is 5.91 Å². The molecule has 5 heteroatoms. The second-order valence-electron chi connectivity index (χ2n) is 5.32. The van der Waals surface area contributed by atoms with Crippen molar-refractivity contribution in [3.63, 3.8) is 0 Å². The quantitative estimate of drug-likeness (QED) is 0.770. The van der Waals surface area contributed by atoms with Crippen LogP contribution in [0, 0.1) is 12.8 Å². The van der Waals surface area contributed by atoms with Crippen LogP contribution in [-0.2, 0) is 16.0 Å². The maximum absolute atomic E-state index is 11.9. The molecule has 0 aliphatic carbocycles. The molecule has 2 N–H and O–H groups in total. The number of nitrogens with one attached hydrogen (secondary N) is 1. The van der Waals surface area contributed by atoms with E-state index >= 15 is 0 Å². The molecule has 0 saturated heterocycles. The Kier molecular flexibility index (Phi) is 6.72. The number of benzene rings is 1. The number of carbonyl (C=O) groups is 2. The van der Waals surface area contributed by atoms with Crippen molar-refractivity contribution in [2.45, 2.75) is 33.1 Å². The third-order valence-corrected chi connectivity index (χ3v) is 3.34. The van der Waals surface area contributed by atoms with Crippen molar-refractivity contribution in [3.8, 4) is 5.75 Å². The molecular formula is C16H23NO4. The van der Waals surface area contributed by atoms with Gasteiger partial charge in [0.25, 0.3) is 0 Å². The lowest BCUT2D eigenvalue weighted by Crippen LogP contribution is -2.29. The first-order chi connectivity index (χ1) is 9.92. The predicted molar refractivity (Wildman–Crippen MR) is 80.5 cm³/mol. The van der Waals surface area contributed by atoms with E-state index in [9.17, 15) is 9.59 Å². The van der Waals surface area contributed by atoms with Crippen molar-refractivity contribution < 1.29 is 19.4 Å². The number of ether oxygens (including phenoxy) is 1. The molecule has 0 fully saturated rings. The zero-order chi connectivity index (χ0) is 15.8. The Labute approximate surface area is 125 Å². The van der Waals surface area contributed by atoms with E-state index in [-0.39, 0.29) is 18.2 Å². The zero-order valence-electron chi connectivity index (χ0n) is 12.8. The highest BCUT2D eigenvalue weighted by atomic mass is 16.5. The topological polar surface area (TPSA) is 75.6 Å². The lowest BCUT2D eigenvalue weighted by atomic mass is 10.1. The number of carbonyl (C=O) groups excluding carboxylic acids is 1. The van der Waals surface area contributed by atoms with Crippen LogP contribution in [0.2, 0.25) is 0 Å². The highest BCUT2D eigenvalue weighted by Gasteiger charge is 2.09. The van der Waals surface area contributed by atoms with Crippen LogP contribution in [0.15, 0.2) is 18.2 Å². The van der Waals surface area contributed by atoms with Crippen LogP contribution >= 0.6 is 0 Å². The first-order valence-corrected chi connectivity index (χ1v) is 7.04. The molecule has 0 aromatic heterocycles. The lowest BCUT2D eigenvalue weighted by Gasteiger charge is -2.12. The average molecular weight is 293 g/mol. The Morgan fingerprint density at radius 2 is 2.10 bits per heavy atom. The van der Waals surface area contributed by atoms with Gasteiger partial charge in [0, 0.05) is 13.0 Å². The molecule has 1 rings (SSSR count). The zero-order valence-corrected chi connectivity index (χ0v) is 12.8. The molecule has 0 aliphatic heterocycles. The van der Waals surface area contributed by atoms with Gasteiger partial charge in [-0.25, -0.2) is 0 Å². The van der Waals surface area contributed by atoms with E-state index < -0.39 is 5.97 Å². The first kappa shape index (κ1) is 17.0. The van der Waals surface area contributed by atoms with Crippen molar-refractivity contribution in [3.05, 3.63) is 29.3 Å². The number of carboxylic acids is 1. The van der Waals surface area contributed by atoms with Crippen LogP contribution in [0.1, 0.15) is 30.9 Å². The number of hydrogen-bond donors (Lipinski definition) is 2. The fourth-order valence-corrected chi connectivity index (χ4v) is 1.98. The van der Waals surface area contributed by atoms with Crippen molar-refractivity contribution in [2.24, 2.45) is 5.92 Å². The minimum absolute atomic E-state index is 0.0666. The molecule has 21 heavy (non-hydrogen) atoms. The summed E-state index contributed by atoms with van der Waals surface area (Å²) in [6.45, 7) is 4.38. The Balaban J connectivity index is 2.41. The van der Waals surface area contributed by atoms with E-state index in [1.54, 1.807) is 7.11 Å². The van der Waals surface area contributed by atoms with Crippen molar-refractivity contribution in [1.29, 1.82) is 0 Å². The van der Waals surface area contributed by atoms with E-state index in [1.165, 1.54) is 0 Å². The number of amides is 1. The van der Waals surface area contributed by atoms with Crippen molar-refractivity contribution in [2.75, 3.05) is 13.7 Å². The van der Waals surface area contributed by atoms with E-state index in [4.69, 9.17) is 9.84 Å². The van der Waals surface area contributed by atoms with Gasteiger partial charge in [0.05, 0.1) is 13.5 Å². The minimum atomic E-state index is -0.806. The summed E-state index contributed by atoms with van der Waals surface area (Å²) in [4.78, 5) is 22.3. The van der Waals surface area contributed by atoms with Gasteiger partial charge < -0.3 is 15.2 Å². The maximum Gasteiger partial charge on any atom is 0.303 e. The van der Waals surface area contributed by atoms with Crippen LogP contribution in [0.25, 0.3) is 0 Å². The molecule has 5 nitrogen and oxygen atoms in total. The van der Waals surface area contributed by atoms with Gasteiger partial charge in [0.15, 0.2) is 0 Å². The van der Waals surface area contributed by atoms with Gasteiger partial charge in [-0.1, -0.05) is 19.1 Å². The molecule has 0 radical (unpaired) electrons. The lowest BCUT2D eigenvalue weighted by molar-refractivity contribution is -0.137. The van der Waals surface area contributed by atoms with E-state index in [0.717, 1.165) is 16.9 Å². The summed E-state index contributed by atoms with van der Waals surface area (Å²) < 4.78 is 5.23. The number of aliphatic carboxylic acids is 1. The highest BCUT2D eigenvalue weighted by molar-refractivity contribution is 5.78. The van der Waals surface area contributed by atoms with Gasteiger partial charge >= 0.3 is 5.97 Å². The van der Waals surface area contributed by atoms with Gasteiger partial charge in [-0.05, 0) is 36.5 Å². The predicted octanol–water partition coefficient (Wildman–Crippen LogP) is 2.16. The summed E-state index contributed by atoms with van der Waals surface area (Å²) >= 11 is 0. The van der Waals surface area contributed by atoms with E-state index in [2.05, 4.69) is 5.32 Å². The molecule has 1 aromatic carbocycles. The summed E-state index contributed by atoms with van der Waals surface area (Å²) in [5.41, 5.74) is 1.93. The SMILES string of the molecule is COc1cc(CC(=O)NCC(C)CCC(=O)O)ccc1C. The molecule has 116 valence electrons. The average Bonchev–Trinajstić information content (AvgIpc) is 2.44. The van der Waals surface area contributed by atoms with Gasteiger partial charge in [-0.3, -0.25) is 9.59 Å². The molecule has 0 bridgehead atoms. The highest BCUT2D eigenvalue weighted by Crippen LogP contribution is 2.19. The van der Waals surface area contributed by atoms with E-state index in [0.29, 0.717) is 19.4 Å². The van der Waals surface area contributed by atoms with Crippen molar-refractivity contribution >= 4 is 11.9 Å². The molecule has 0 aliphatic rings. The molecular weight excluding hydrogens is 270 g/mol. The Hall–Kier alpha value is -2.04. The van der Waals surface area contributed by atoms with Crippen molar-refractivity contribution in [1.82, 2.24) is 5.32 Å². The first-order valence-electron chi connectivity index (χ1n) is 7.04. The van der Waals surface area contributed by atoms with Crippen LogP contribution in [0.5, 0.6) is 5.75 Å². The third-order valence-electron chi connectivity index (χ3n) is 3.34. The molecule has 1 atom stereocenters. The molecule has 0 spiro atoms. The molecule has 1 aromatic rings. The maximum atomic E-state index is 11.9. The fourth-order valence-electron chi connectivity index (χ4n) is 1.98. The summed E-state index contributed by atoms with van der Waals surface area (Å²) in [6, 6.07) is 5.70. The largest absolute Gasteiger partial charge is 0.496 e. The second kappa shape index (κ2) is 8.29. The Morgan fingerprint density at radius 3 is 2.71 bits per heavy atom. The number of rotatable bonds is 8. The molecule has 0 heterocycles. The summed E-state index contributed by atoms with van der Waals surface area (Å²) in [5.74, 6) is 0.0516. The minimum Gasteiger partial charge on any atom is -0.496 e.